The third-order valence-electron chi connectivity index (χ3n) is 2.03. The fraction of sp³-hybridized carbons (Fsp3) is 0.571. The molecule has 1 aliphatic rings. The van der Waals surface area contributed by atoms with Crippen LogP contribution in [0.25, 0.3) is 0 Å². The lowest BCUT2D eigenvalue weighted by molar-refractivity contribution is -0.129. The highest BCUT2D eigenvalue weighted by Gasteiger charge is 2.52. The first-order chi connectivity index (χ1) is 4.63. The van der Waals surface area contributed by atoms with Gasteiger partial charge in [0.15, 0.2) is 5.78 Å². The Labute approximate surface area is 58.9 Å². The summed E-state index contributed by atoms with van der Waals surface area (Å²) in [5.41, 5.74) is -0.762. The summed E-state index contributed by atoms with van der Waals surface area (Å²) in [6, 6.07) is 0. The summed E-state index contributed by atoms with van der Waals surface area (Å²) in [6.45, 7) is 1.41. The molecule has 0 heterocycles. The van der Waals surface area contributed by atoms with Crippen molar-refractivity contribution in [2.24, 2.45) is 5.41 Å². The summed E-state index contributed by atoms with van der Waals surface area (Å²) in [4.78, 5) is 21.7. The molecule has 0 bridgehead atoms. The minimum Gasteiger partial charge on any atom is -0.305 e. The molecule has 0 aromatic heterocycles. The Kier molecular flexibility index (Phi) is 1.43. The molecule has 0 spiro atoms. The first-order valence-corrected chi connectivity index (χ1v) is 3.19. The van der Waals surface area contributed by atoms with Gasteiger partial charge in [-0.05, 0) is 19.8 Å². The quantitative estimate of drug-likeness (QED) is 0.459. The molecule has 3 nitrogen and oxygen atoms in total. The molecule has 54 valence electrons. The molecule has 1 fully saturated rings. The number of hydrogen-bond donors (Lipinski definition) is 1. The highest BCUT2D eigenvalue weighted by molar-refractivity contribution is 6.35. The van der Waals surface area contributed by atoms with Crippen LogP contribution in [0.5, 0.6) is 0 Å². The lowest BCUT2D eigenvalue weighted by atomic mass is 9.97. The van der Waals surface area contributed by atoms with Crippen LogP contribution in [0.1, 0.15) is 19.8 Å². The summed E-state index contributed by atoms with van der Waals surface area (Å²) in [5, 5.41) is 6.67. The van der Waals surface area contributed by atoms with Gasteiger partial charge in [-0.25, -0.2) is 0 Å². The van der Waals surface area contributed by atoms with Gasteiger partial charge < -0.3 is 5.41 Å². The molecule has 0 unspecified atom stereocenters. The molecule has 0 aliphatic heterocycles. The monoisotopic (exact) mass is 139 g/mol. The molecule has 1 rings (SSSR count). The SMILES string of the molecule is CC(=O)C1(C(=O)C=N)CC1. The Balaban J connectivity index is 2.79. The van der Waals surface area contributed by atoms with E-state index in [0.717, 1.165) is 6.21 Å². The maximum absolute atomic E-state index is 10.9. The van der Waals surface area contributed by atoms with Crippen molar-refractivity contribution in [3.8, 4) is 0 Å². The molecule has 10 heavy (non-hydrogen) atoms. The molecule has 1 saturated carbocycles. The van der Waals surface area contributed by atoms with Gasteiger partial charge in [0, 0.05) is 0 Å². The van der Waals surface area contributed by atoms with Crippen LogP contribution in [-0.2, 0) is 9.59 Å². The molecule has 0 aromatic rings. The van der Waals surface area contributed by atoms with Gasteiger partial charge in [0.1, 0.15) is 5.78 Å². The number of nitrogens with one attached hydrogen (secondary N) is 1. The minimum absolute atomic E-state index is 0.0963. The summed E-state index contributed by atoms with van der Waals surface area (Å²) in [6.07, 6.45) is 2.02. The van der Waals surface area contributed by atoms with Crippen molar-refractivity contribution >= 4 is 17.8 Å². The molecule has 0 aromatic carbocycles. The van der Waals surface area contributed by atoms with E-state index in [4.69, 9.17) is 5.41 Å². The number of rotatable bonds is 3. The third kappa shape index (κ3) is 0.781. The zero-order chi connectivity index (χ0) is 7.78. The van der Waals surface area contributed by atoms with Gasteiger partial charge in [-0.3, -0.25) is 9.59 Å². The predicted octanol–water partition coefficient (Wildman–Crippen LogP) is 0.574. The second kappa shape index (κ2) is 2.01. The smallest absolute Gasteiger partial charge is 0.186 e. The molecular formula is C7H9NO2. The van der Waals surface area contributed by atoms with E-state index >= 15 is 0 Å². The second-order valence-electron chi connectivity index (χ2n) is 2.65. The maximum atomic E-state index is 10.9. The van der Waals surface area contributed by atoms with Crippen LogP contribution < -0.4 is 0 Å². The number of carbonyl (C=O) groups excluding carboxylic acids is 2. The number of Topliss-reactive ketones (excluding diaryl/α,β-unsaturated/α-hetero) is 2. The van der Waals surface area contributed by atoms with Crippen molar-refractivity contribution < 1.29 is 9.59 Å². The Bertz CT molecular complexity index is 204. The lowest BCUT2D eigenvalue weighted by Crippen LogP contribution is -2.24. The fourth-order valence-corrected chi connectivity index (χ4v) is 1.04. The van der Waals surface area contributed by atoms with Gasteiger partial charge in [0.25, 0.3) is 0 Å². The Morgan fingerprint density at radius 3 is 2.10 bits per heavy atom. The highest BCUT2D eigenvalue weighted by atomic mass is 16.2. The van der Waals surface area contributed by atoms with E-state index < -0.39 is 5.41 Å². The second-order valence-corrected chi connectivity index (χ2v) is 2.65. The largest absolute Gasteiger partial charge is 0.305 e. The molecule has 0 saturated heterocycles. The molecule has 1 aliphatic carbocycles. The Morgan fingerprint density at radius 2 is 2.00 bits per heavy atom. The van der Waals surface area contributed by atoms with Crippen LogP contribution in [0.15, 0.2) is 0 Å². The van der Waals surface area contributed by atoms with Crippen molar-refractivity contribution in [2.75, 3.05) is 0 Å². The third-order valence-corrected chi connectivity index (χ3v) is 2.03. The molecule has 0 atom stereocenters. The lowest BCUT2D eigenvalue weighted by Gasteiger charge is -2.03. The van der Waals surface area contributed by atoms with Gasteiger partial charge in [-0.1, -0.05) is 0 Å². The Morgan fingerprint density at radius 1 is 1.50 bits per heavy atom. The summed E-state index contributed by atoms with van der Waals surface area (Å²) < 4.78 is 0. The van der Waals surface area contributed by atoms with Crippen molar-refractivity contribution in [1.82, 2.24) is 0 Å². The number of hydrogen-bond acceptors (Lipinski definition) is 3. The van der Waals surface area contributed by atoms with E-state index in [1.165, 1.54) is 6.92 Å². The van der Waals surface area contributed by atoms with Crippen molar-refractivity contribution in [3.05, 3.63) is 0 Å². The zero-order valence-corrected chi connectivity index (χ0v) is 5.81. The highest BCUT2D eigenvalue weighted by Crippen LogP contribution is 2.46. The standard InChI is InChI=1S/C7H9NO2/c1-5(9)7(2-3-7)6(10)4-8/h4,8H,2-3H2,1H3. The van der Waals surface area contributed by atoms with Crippen LogP contribution in [0.3, 0.4) is 0 Å². The average Bonchev–Trinajstić information content (AvgIpc) is 2.65. The molecule has 1 N–H and O–H groups in total. The van der Waals surface area contributed by atoms with Crippen LogP contribution in [0.2, 0.25) is 0 Å². The van der Waals surface area contributed by atoms with Crippen LogP contribution >= 0.6 is 0 Å². The summed E-state index contributed by atoms with van der Waals surface area (Å²) >= 11 is 0. The van der Waals surface area contributed by atoms with E-state index in [1.807, 2.05) is 0 Å². The van der Waals surface area contributed by atoms with E-state index in [-0.39, 0.29) is 11.6 Å². The molecular weight excluding hydrogens is 130 g/mol. The van der Waals surface area contributed by atoms with Gasteiger partial charge in [0.05, 0.1) is 11.6 Å². The molecule has 3 heteroatoms. The minimum atomic E-state index is -0.762. The summed E-state index contributed by atoms with van der Waals surface area (Å²) in [7, 11) is 0. The van der Waals surface area contributed by atoms with Crippen molar-refractivity contribution in [3.63, 3.8) is 0 Å². The van der Waals surface area contributed by atoms with Crippen molar-refractivity contribution in [2.45, 2.75) is 19.8 Å². The van der Waals surface area contributed by atoms with E-state index in [0.29, 0.717) is 12.8 Å². The van der Waals surface area contributed by atoms with E-state index in [1.54, 1.807) is 0 Å². The van der Waals surface area contributed by atoms with Crippen LogP contribution in [0, 0.1) is 10.8 Å². The van der Waals surface area contributed by atoms with Gasteiger partial charge in [-0.15, -0.1) is 0 Å². The first kappa shape index (κ1) is 7.12. The van der Waals surface area contributed by atoms with Crippen LogP contribution in [0.4, 0.5) is 0 Å². The van der Waals surface area contributed by atoms with Gasteiger partial charge in [-0.2, -0.15) is 0 Å². The van der Waals surface area contributed by atoms with Crippen LogP contribution in [-0.4, -0.2) is 17.8 Å². The number of ketones is 2. The average molecular weight is 139 g/mol. The van der Waals surface area contributed by atoms with Gasteiger partial charge >= 0.3 is 0 Å². The molecule has 0 amide bonds. The first-order valence-electron chi connectivity index (χ1n) is 3.19. The normalized spacial score (nSPS) is 19.7. The topological polar surface area (TPSA) is 58.0 Å². The maximum Gasteiger partial charge on any atom is 0.186 e. The summed E-state index contributed by atoms with van der Waals surface area (Å²) in [5.74, 6) is -0.430. The van der Waals surface area contributed by atoms with Crippen molar-refractivity contribution in [1.29, 1.82) is 5.41 Å². The fourth-order valence-electron chi connectivity index (χ4n) is 1.04. The zero-order valence-electron chi connectivity index (χ0n) is 5.81. The van der Waals surface area contributed by atoms with Gasteiger partial charge in [0.2, 0.25) is 0 Å². The van der Waals surface area contributed by atoms with E-state index in [9.17, 15) is 9.59 Å². The number of carbonyl (C=O) groups is 2. The molecule has 0 radical (unpaired) electrons. The van der Waals surface area contributed by atoms with E-state index in [2.05, 4.69) is 0 Å². The Hall–Kier alpha value is -0.990. The predicted molar refractivity (Wildman–Crippen MR) is 36.1 cm³/mol.